The number of H-pyrrole nitrogens is 1. The Morgan fingerprint density at radius 2 is 1.84 bits per heavy atom. The first kappa shape index (κ1) is 17.4. The summed E-state index contributed by atoms with van der Waals surface area (Å²) >= 11 is 0. The number of benzene rings is 2. The lowest BCUT2D eigenvalue weighted by Crippen LogP contribution is -2.19. The Balaban J connectivity index is 1.48. The van der Waals surface area contributed by atoms with E-state index in [1.54, 1.807) is 0 Å². The van der Waals surface area contributed by atoms with Crippen molar-refractivity contribution in [3.63, 3.8) is 0 Å². The van der Waals surface area contributed by atoms with Crippen molar-refractivity contribution in [3.8, 4) is 0 Å². The van der Waals surface area contributed by atoms with Gasteiger partial charge in [0.2, 0.25) is 0 Å². The Bertz CT molecular complexity index is 803. The summed E-state index contributed by atoms with van der Waals surface area (Å²) in [6.45, 7) is 3.06. The second-order valence-electron chi connectivity index (χ2n) is 6.47. The highest BCUT2D eigenvalue weighted by molar-refractivity contribution is 5.83. The first-order valence-corrected chi connectivity index (χ1v) is 8.60. The molecule has 1 aromatic heterocycles. The first-order chi connectivity index (χ1) is 12.2. The second-order valence-corrected chi connectivity index (χ2v) is 6.47. The van der Waals surface area contributed by atoms with E-state index in [2.05, 4.69) is 17.1 Å². The lowest BCUT2D eigenvalue weighted by molar-refractivity contribution is -0.127. The second kappa shape index (κ2) is 8.10. The molecule has 0 saturated carbocycles. The maximum atomic E-state index is 12.3. The predicted octanol–water partition coefficient (Wildman–Crippen LogP) is 3.59. The van der Waals surface area contributed by atoms with Crippen LogP contribution in [0.2, 0.25) is 0 Å². The molecule has 4 nitrogen and oxygen atoms in total. The molecule has 3 N–H and O–H groups in total. The van der Waals surface area contributed by atoms with Crippen LogP contribution in [0.25, 0.3) is 10.9 Å². The minimum absolute atomic E-state index is 0.0762. The van der Waals surface area contributed by atoms with Crippen LogP contribution in [0.5, 0.6) is 0 Å². The van der Waals surface area contributed by atoms with Crippen molar-refractivity contribution in [1.82, 2.24) is 4.98 Å². The number of aromatic nitrogens is 1. The molecule has 0 fully saturated rings. The number of carbonyl (C=O) groups excluding carboxylic acids is 1. The maximum absolute atomic E-state index is 12.3. The number of rotatable bonds is 8. The minimum atomic E-state index is -0.0762. The molecular weight excluding hydrogens is 312 g/mol. The van der Waals surface area contributed by atoms with Crippen molar-refractivity contribution in [2.24, 2.45) is 11.7 Å². The van der Waals surface area contributed by atoms with Gasteiger partial charge >= 0.3 is 0 Å². The summed E-state index contributed by atoms with van der Waals surface area (Å²) in [5.41, 5.74) is 9.91. The SMILES string of the molecule is C[C@H](Cc1cc2ccccc2[nH]1)C(=O)COCc1ccc(CN)cc1. The van der Waals surface area contributed by atoms with Gasteiger partial charge in [0.15, 0.2) is 5.78 Å². The van der Waals surface area contributed by atoms with Gasteiger partial charge in [-0.1, -0.05) is 49.4 Å². The fraction of sp³-hybridized carbons (Fsp3) is 0.286. The summed E-state index contributed by atoms with van der Waals surface area (Å²) < 4.78 is 5.58. The Morgan fingerprint density at radius 3 is 2.56 bits per heavy atom. The number of para-hydroxylation sites is 1. The van der Waals surface area contributed by atoms with Crippen LogP contribution in [0.1, 0.15) is 23.7 Å². The molecule has 0 bridgehead atoms. The largest absolute Gasteiger partial charge is 0.369 e. The van der Waals surface area contributed by atoms with Gasteiger partial charge in [-0.3, -0.25) is 4.79 Å². The smallest absolute Gasteiger partial charge is 0.161 e. The zero-order valence-electron chi connectivity index (χ0n) is 14.5. The molecule has 0 aliphatic heterocycles. The number of ether oxygens (including phenoxy) is 1. The highest BCUT2D eigenvalue weighted by atomic mass is 16.5. The van der Waals surface area contributed by atoms with Crippen LogP contribution < -0.4 is 5.73 Å². The maximum Gasteiger partial charge on any atom is 0.161 e. The van der Waals surface area contributed by atoms with Gasteiger partial charge in [0.25, 0.3) is 0 Å². The van der Waals surface area contributed by atoms with Crippen molar-refractivity contribution < 1.29 is 9.53 Å². The topological polar surface area (TPSA) is 68.1 Å². The molecular formula is C21H24N2O2. The highest BCUT2D eigenvalue weighted by Crippen LogP contribution is 2.17. The minimum Gasteiger partial charge on any atom is -0.369 e. The van der Waals surface area contributed by atoms with E-state index in [4.69, 9.17) is 10.5 Å². The molecule has 4 heteroatoms. The van der Waals surface area contributed by atoms with Gasteiger partial charge in [0.1, 0.15) is 6.61 Å². The van der Waals surface area contributed by atoms with Crippen LogP contribution in [0, 0.1) is 5.92 Å². The molecule has 2 aromatic carbocycles. The van der Waals surface area contributed by atoms with Crippen LogP contribution >= 0.6 is 0 Å². The van der Waals surface area contributed by atoms with E-state index in [1.165, 1.54) is 5.39 Å². The fourth-order valence-corrected chi connectivity index (χ4v) is 2.87. The molecule has 130 valence electrons. The Morgan fingerprint density at radius 1 is 1.12 bits per heavy atom. The number of nitrogens with two attached hydrogens (primary N) is 1. The van der Waals surface area contributed by atoms with Gasteiger partial charge in [-0.05, 0) is 35.1 Å². The van der Waals surface area contributed by atoms with E-state index < -0.39 is 0 Å². The molecule has 0 radical (unpaired) electrons. The highest BCUT2D eigenvalue weighted by Gasteiger charge is 2.15. The Labute approximate surface area is 148 Å². The first-order valence-electron chi connectivity index (χ1n) is 8.60. The quantitative estimate of drug-likeness (QED) is 0.660. The van der Waals surface area contributed by atoms with Crippen molar-refractivity contribution in [2.45, 2.75) is 26.5 Å². The van der Waals surface area contributed by atoms with E-state index in [1.807, 2.05) is 49.4 Å². The molecule has 25 heavy (non-hydrogen) atoms. The Kier molecular flexibility index (Phi) is 5.64. The molecule has 0 amide bonds. The van der Waals surface area contributed by atoms with Gasteiger partial charge < -0.3 is 15.5 Å². The Hall–Kier alpha value is -2.43. The molecule has 0 aliphatic carbocycles. The van der Waals surface area contributed by atoms with E-state index in [0.717, 1.165) is 22.3 Å². The lowest BCUT2D eigenvalue weighted by atomic mass is 10.0. The normalized spacial score (nSPS) is 12.4. The number of Topliss-reactive ketones (excluding diaryl/α,β-unsaturated/α-hetero) is 1. The van der Waals surface area contributed by atoms with E-state index >= 15 is 0 Å². The third-order valence-corrected chi connectivity index (χ3v) is 4.43. The molecule has 0 spiro atoms. The van der Waals surface area contributed by atoms with Gasteiger partial charge in [-0.2, -0.15) is 0 Å². The third kappa shape index (κ3) is 4.56. The molecule has 0 unspecified atom stereocenters. The lowest BCUT2D eigenvalue weighted by Gasteiger charge is -2.10. The van der Waals surface area contributed by atoms with Crippen LogP contribution in [-0.2, 0) is 29.1 Å². The summed E-state index contributed by atoms with van der Waals surface area (Å²) in [5, 5.41) is 1.18. The number of nitrogens with one attached hydrogen (secondary N) is 1. The number of fused-ring (bicyclic) bond motifs is 1. The van der Waals surface area contributed by atoms with Gasteiger partial charge in [0, 0.05) is 23.7 Å². The summed E-state index contributed by atoms with van der Waals surface area (Å²) in [4.78, 5) is 15.7. The molecule has 0 aliphatic rings. The number of hydrogen-bond donors (Lipinski definition) is 2. The standard InChI is InChI=1S/C21H24N2O2/c1-15(10-19-11-18-4-2-3-5-20(18)23-19)21(24)14-25-13-17-8-6-16(12-22)7-9-17/h2-9,11,15,23H,10,12-14,22H2,1H3/t15-/m1/s1. The summed E-state index contributed by atoms with van der Waals surface area (Å²) in [7, 11) is 0. The van der Waals surface area contributed by atoms with Gasteiger partial charge in [0.05, 0.1) is 6.61 Å². The summed E-state index contributed by atoms with van der Waals surface area (Å²) in [5.74, 6) is 0.0462. The van der Waals surface area contributed by atoms with Crippen molar-refractivity contribution in [1.29, 1.82) is 0 Å². The summed E-state index contributed by atoms with van der Waals surface area (Å²) in [6, 6.07) is 18.2. The van der Waals surface area contributed by atoms with Crippen molar-refractivity contribution in [2.75, 3.05) is 6.61 Å². The zero-order chi connectivity index (χ0) is 17.6. The van der Waals surface area contributed by atoms with Gasteiger partial charge in [-0.25, -0.2) is 0 Å². The van der Waals surface area contributed by atoms with Crippen LogP contribution in [0.4, 0.5) is 0 Å². The number of ketones is 1. The van der Waals surface area contributed by atoms with Gasteiger partial charge in [-0.15, -0.1) is 0 Å². The molecule has 0 saturated heterocycles. The average Bonchev–Trinajstić information content (AvgIpc) is 3.04. The van der Waals surface area contributed by atoms with Crippen molar-refractivity contribution in [3.05, 3.63) is 71.4 Å². The number of hydrogen-bond acceptors (Lipinski definition) is 3. The van der Waals surface area contributed by atoms with Crippen LogP contribution in [-0.4, -0.2) is 17.4 Å². The van der Waals surface area contributed by atoms with E-state index in [9.17, 15) is 4.79 Å². The summed E-state index contributed by atoms with van der Waals surface area (Å²) in [6.07, 6.45) is 0.696. The van der Waals surface area contributed by atoms with Crippen LogP contribution in [0.15, 0.2) is 54.6 Å². The fourth-order valence-electron chi connectivity index (χ4n) is 2.87. The molecule has 1 atom stereocenters. The number of aromatic amines is 1. The monoisotopic (exact) mass is 336 g/mol. The predicted molar refractivity (Wildman–Crippen MR) is 100 cm³/mol. The third-order valence-electron chi connectivity index (χ3n) is 4.43. The zero-order valence-corrected chi connectivity index (χ0v) is 14.5. The van der Waals surface area contributed by atoms with E-state index in [-0.39, 0.29) is 18.3 Å². The van der Waals surface area contributed by atoms with Crippen molar-refractivity contribution >= 4 is 16.7 Å². The molecule has 3 rings (SSSR count). The molecule has 3 aromatic rings. The van der Waals surface area contributed by atoms with E-state index in [0.29, 0.717) is 19.6 Å². The average molecular weight is 336 g/mol. The number of carbonyl (C=O) groups is 1. The molecule has 1 heterocycles. The van der Waals surface area contributed by atoms with Crippen LogP contribution in [0.3, 0.4) is 0 Å².